The monoisotopic (exact) mass is 390 g/mol. The molecule has 8 nitrogen and oxygen atoms in total. The number of halogens is 2. The van der Waals surface area contributed by atoms with Gasteiger partial charge in [-0.05, 0) is 40.8 Å². The zero-order valence-corrected chi connectivity index (χ0v) is 12.0. The van der Waals surface area contributed by atoms with Crippen molar-refractivity contribution < 1.29 is 9.31 Å². The molecule has 104 valence electrons. The predicted octanol–water partition coefficient (Wildman–Crippen LogP) is 2.16. The summed E-state index contributed by atoms with van der Waals surface area (Å²) in [7, 11) is 0. The van der Waals surface area contributed by atoms with Gasteiger partial charge in [0.2, 0.25) is 11.6 Å². The Morgan fingerprint density at radius 2 is 2.05 bits per heavy atom. The number of hydrazine groups is 1. The first-order chi connectivity index (χ1) is 9.52. The van der Waals surface area contributed by atoms with E-state index in [1.54, 1.807) is 0 Å². The van der Waals surface area contributed by atoms with Crippen LogP contribution in [-0.4, -0.2) is 14.9 Å². The van der Waals surface area contributed by atoms with Gasteiger partial charge < -0.3 is 10.7 Å². The van der Waals surface area contributed by atoms with Crippen LogP contribution in [-0.2, 0) is 0 Å². The first-order valence-electron chi connectivity index (χ1n) is 5.21. The molecular formula is C10H8FIN6O2. The number of hydrogen-bond acceptors (Lipinski definition) is 7. The third kappa shape index (κ3) is 2.91. The van der Waals surface area contributed by atoms with Gasteiger partial charge in [0.25, 0.3) is 0 Å². The first kappa shape index (κ1) is 14.3. The minimum absolute atomic E-state index is 0.0394. The van der Waals surface area contributed by atoms with Gasteiger partial charge >= 0.3 is 5.69 Å². The molecule has 4 N–H and O–H groups in total. The number of nitrogens with two attached hydrogens (primary N) is 1. The Hall–Kier alpha value is -2.08. The van der Waals surface area contributed by atoms with Crippen LogP contribution < -0.4 is 16.6 Å². The van der Waals surface area contributed by atoms with E-state index in [0.717, 1.165) is 6.33 Å². The molecule has 0 aliphatic rings. The van der Waals surface area contributed by atoms with E-state index >= 15 is 0 Å². The normalized spacial score (nSPS) is 10.2. The molecule has 0 aliphatic heterocycles. The SMILES string of the molecule is NNc1ncnc(Nc2ccc(F)cc2I)c1[N+](=O)[O-]. The fourth-order valence-electron chi connectivity index (χ4n) is 1.47. The molecule has 0 aliphatic carbocycles. The molecule has 0 amide bonds. The van der Waals surface area contributed by atoms with Gasteiger partial charge in [-0.1, -0.05) is 0 Å². The molecule has 1 aromatic carbocycles. The van der Waals surface area contributed by atoms with E-state index in [4.69, 9.17) is 5.84 Å². The second kappa shape index (κ2) is 5.92. The third-order valence-electron chi connectivity index (χ3n) is 2.33. The maximum Gasteiger partial charge on any atom is 0.354 e. The zero-order valence-electron chi connectivity index (χ0n) is 9.80. The van der Waals surface area contributed by atoms with Crippen molar-refractivity contribution in [2.75, 3.05) is 10.7 Å². The molecule has 0 atom stereocenters. The number of rotatable bonds is 4. The van der Waals surface area contributed by atoms with Crippen molar-refractivity contribution in [2.24, 2.45) is 5.84 Å². The van der Waals surface area contributed by atoms with Gasteiger partial charge in [0, 0.05) is 3.57 Å². The number of aromatic nitrogens is 2. The Morgan fingerprint density at radius 1 is 1.35 bits per heavy atom. The lowest BCUT2D eigenvalue weighted by molar-refractivity contribution is -0.383. The highest BCUT2D eigenvalue weighted by Crippen LogP contribution is 2.31. The first-order valence-corrected chi connectivity index (χ1v) is 6.29. The van der Waals surface area contributed by atoms with Crippen molar-refractivity contribution in [2.45, 2.75) is 0 Å². The molecule has 2 rings (SSSR count). The Labute approximate surface area is 125 Å². The summed E-state index contributed by atoms with van der Waals surface area (Å²) >= 11 is 1.90. The Bertz CT molecular complexity index is 668. The second-order valence-corrected chi connectivity index (χ2v) is 4.73. The van der Waals surface area contributed by atoms with Crippen molar-refractivity contribution in [3.63, 3.8) is 0 Å². The summed E-state index contributed by atoms with van der Waals surface area (Å²) in [5.41, 5.74) is 2.22. The van der Waals surface area contributed by atoms with Crippen LogP contribution in [0.15, 0.2) is 24.5 Å². The third-order valence-corrected chi connectivity index (χ3v) is 3.22. The van der Waals surface area contributed by atoms with E-state index < -0.39 is 16.4 Å². The number of nitrogens with one attached hydrogen (secondary N) is 2. The summed E-state index contributed by atoms with van der Waals surface area (Å²) in [5, 5.41) is 13.8. The van der Waals surface area contributed by atoms with E-state index in [-0.39, 0.29) is 11.6 Å². The minimum atomic E-state index is -0.659. The molecule has 0 fully saturated rings. The summed E-state index contributed by atoms with van der Waals surface area (Å²) in [5.74, 6) is 4.62. The van der Waals surface area contributed by atoms with Gasteiger partial charge in [-0.2, -0.15) is 0 Å². The largest absolute Gasteiger partial charge is 0.354 e. The van der Waals surface area contributed by atoms with Crippen LogP contribution in [0, 0.1) is 19.5 Å². The average molecular weight is 390 g/mol. The maximum absolute atomic E-state index is 13.0. The average Bonchev–Trinajstić information content (AvgIpc) is 2.41. The quantitative estimate of drug-likeness (QED) is 0.317. The van der Waals surface area contributed by atoms with E-state index in [1.165, 1.54) is 18.2 Å². The molecular weight excluding hydrogens is 382 g/mol. The van der Waals surface area contributed by atoms with Crippen LogP contribution >= 0.6 is 22.6 Å². The molecule has 1 heterocycles. The Morgan fingerprint density at radius 3 is 2.65 bits per heavy atom. The lowest BCUT2D eigenvalue weighted by Gasteiger charge is -2.09. The van der Waals surface area contributed by atoms with E-state index in [0.29, 0.717) is 9.26 Å². The number of nitrogens with zero attached hydrogens (tertiary/aromatic N) is 3. The van der Waals surface area contributed by atoms with Gasteiger partial charge in [0.05, 0.1) is 10.6 Å². The molecule has 0 bridgehead atoms. The lowest BCUT2D eigenvalue weighted by atomic mass is 10.3. The van der Waals surface area contributed by atoms with Crippen LogP contribution in [0.1, 0.15) is 0 Å². The van der Waals surface area contributed by atoms with Crippen LogP contribution in [0.25, 0.3) is 0 Å². The van der Waals surface area contributed by atoms with Crippen molar-refractivity contribution in [3.8, 4) is 0 Å². The molecule has 0 spiro atoms. The molecule has 0 unspecified atom stereocenters. The van der Waals surface area contributed by atoms with Gasteiger partial charge in [-0.25, -0.2) is 20.2 Å². The molecule has 2 aromatic rings. The summed E-state index contributed by atoms with van der Waals surface area (Å²) in [6.07, 6.45) is 1.13. The molecule has 1 aromatic heterocycles. The van der Waals surface area contributed by atoms with E-state index in [1.807, 2.05) is 22.6 Å². The fourth-order valence-corrected chi connectivity index (χ4v) is 2.08. The van der Waals surface area contributed by atoms with Crippen molar-refractivity contribution in [3.05, 3.63) is 44.0 Å². The summed E-state index contributed by atoms with van der Waals surface area (Å²) in [6.45, 7) is 0. The highest BCUT2D eigenvalue weighted by Gasteiger charge is 2.22. The number of nitro groups is 1. The molecule has 0 radical (unpaired) electrons. The fraction of sp³-hybridized carbons (Fsp3) is 0. The summed E-state index contributed by atoms with van der Waals surface area (Å²) < 4.78 is 13.6. The van der Waals surface area contributed by atoms with Crippen molar-refractivity contribution >= 4 is 45.6 Å². The van der Waals surface area contributed by atoms with Crippen LogP contribution in [0.3, 0.4) is 0 Å². The van der Waals surface area contributed by atoms with Gasteiger partial charge in [0.15, 0.2) is 0 Å². The number of anilines is 3. The minimum Gasteiger partial charge on any atom is -0.333 e. The van der Waals surface area contributed by atoms with Gasteiger partial charge in [-0.15, -0.1) is 0 Å². The highest BCUT2D eigenvalue weighted by atomic mass is 127. The Kier molecular flexibility index (Phi) is 4.24. The predicted molar refractivity (Wildman–Crippen MR) is 78.9 cm³/mol. The van der Waals surface area contributed by atoms with Crippen molar-refractivity contribution in [1.82, 2.24) is 9.97 Å². The van der Waals surface area contributed by atoms with Crippen LogP contribution in [0.5, 0.6) is 0 Å². The molecule has 10 heteroatoms. The smallest absolute Gasteiger partial charge is 0.333 e. The Balaban J connectivity index is 2.45. The van der Waals surface area contributed by atoms with Crippen LogP contribution in [0.2, 0.25) is 0 Å². The second-order valence-electron chi connectivity index (χ2n) is 3.57. The van der Waals surface area contributed by atoms with Gasteiger partial charge in [0.1, 0.15) is 12.1 Å². The number of nitrogen functional groups attached to an aromatic ring is 1. The topological polar surface area (TPSA) is 119 Å². The molecule has 20 heavy (non-hydrogen) atoms. The summed E-state index contributed by atoms with van der Waals surface area (Å²) in [6, 6.07) is 3.98. The van der Waals surface area contributed by atoms with Crippen LogP contribution in [0.4, 0.5) is 27.4 Å². The lowest BCUT2D eigenvalue weighted by Crippen LogP contribution is -2.13. The highest BCUT2D eigenvalue weighted by molar-refractivity contribution is 14.1. The standard InChI is InChI=1S/C10H8FIN6O2/c11-5-1-2-7(6(12)3-5)16-9-8(18(19)20)10(17-13)15-4-14-9/h1-4H,13H2,(H2,14,15,16,17). The molecule has 0 saturated carbocycles. The molecule has 0 saturated heterocycles. The number of hydrogen-bond donors (Lipinski definition) is 3. The maximum atomic E-state index is 13.0. The van der Waals surface area contributed by atoms with E-state index in [9.17, 15) is 14.5 Å². The van der Waals surface area contributed by atoms with Gasteiger partial charge in [-0.3, -0.25) is 10.1 Å². The van der Waals surface area contributed by atoms with Crippen molar-refractivity contribution in [1.29, 1.82) is 0 Å². The van der Waals surface area contributed by atoms with E-state index in [2.05, 4.69) is 20.7 Å². The zero-order chi connectivity index (χ0) is 14.7. The number of benzene rings is 1. The summed E-state index contributed by atoms with van der Waals surface area (Å²) in [4.78, 5) is 17.9.